The highest BCUT2D eigenvalue weighted by Crippen LogP contribution is 2.23. The third-order valence-corrected chi connectivity index (χ3v) is 5.11. The van der Waals surface area contributed by atoms with Crippen molar-refractivity contribution in [3.05, 3.63) is 46.9 Å². The maximum absolute atomic E-state index is 12.7. The van der Waals surface area contributed by atoms with Gasteiger partial charge in [-0.1, -0.05) is 17.7 Å². The zero-order valence-electron chi connectivity index (χ0n) is 16.2. The quantitative estimate of drug-likeness (QED) is 0.788. The van der Waals surface area contributed by atoms with Crippen LogP contribution in [0.15, 0.2) is 30.3 Å². The third-order valence-electron chi connectivity index (χ3n) is 4.87. The maximum atomic E-state index is 12.7. The molecule has 2 aromatic rings. The first kappa shape index (κ1) is 19.4. The van der Waals surface area contributed by atoms with E-state index in [2.05, 4.69) is 25.8 Å². The van der Waals surface area contributed by atoms with Crippen LogP contribution in [-0.2, 0) is 0 Å². The van der Waals surface area contributed by atoms with E-state index in [1.54, 1.807) is 4.90 Å². The van der Waals surface area contributed by atoms with Crippen LogP contribution in [0.5, 0.6) is 0 Å². The van der Waals surface area contributed by atoms with Gasteiger partial charge in [-0.3, -0.25) is 4.79 Å². The molecular formula is C20H26ClN5O. The SMILES string of the molecule is CCN(CC)C(=O)c1cc(N2CCN(c3cccc(Cl)c3)CC2)nc(C)n1. The molecule has 0 radical (unpaired) electrons. The molecule has 1 aliphatic heterocycles. The number of amides is 1. The van der Waals surface area contributed by atoms with Crippen LogP contribution < -0.4 is 9.80 Å². The lowest BCUT2D eigenvalue weighted by atomic mass is 10.2. The summed E-state index contributed by atoms with van der Waals surface area (Å²) < 4.78 is 0. The Balaban J connectivity index is 1.73. The highest BCUT2D eigenvalue weighted by molar-refractivity contribution is 6.30. The van der Waals surface area contributed by atoms with E-state index in [1.165, 1.54) is 0 Å². The van der Waals surface area contributed by atoms with E-state index in [1.807, 2.05) is 45.0 Å². The molecule has 0 bridgehead atoms. The van der Waals surface area contributed by atoms with Crippen LogP contribution >= 0.6 is 11.6 Å². The average Bonchev–Trinajstić information content (AvgIpc) is 2.68. The molecule has 0 aliphatic carbocycles. The van der Waals surface area contributed by atoms with Crippen molar-refractivity contribution in [3.63, 3.8) is 0 Å². The number of halogens is 1. The van der Waals surface area contributed by atoms with Crippen LogP contribution in [0.1, 0.15) is 30.2 Å². The molecule has 1 aromatic heterocycles. The Kier molecular flexibility index (Phi) is 6.16. The monoisotopic (exact) mass is 387 g/mol. The first-order valence-corrected chi connectivity index (χ1v) is 9.80. The highest BCUT2D eigenvalue weighted by atomic mass is 35.5. The number of hydrogen-bond acceptors (Lipinski definition) is 5. The molecule has 1 aliphatic rings. The molecule has 0 spiro atoms. The maximum Gasteiger partial charge on any atom is 0.272 e. The first-order chi connectivity index (χ1) is 13.0. The summed E-state index contributed by atoms with van der Waals surface area (Å²) in [5.41, 5.74) is 1.61. The summed E-state index contributed by atoms with van der Waals surface area (Å²) in [4.78, 5) is 27.9. The summed E-state index contributed by atoms with van der Waals surface area (Å²) in [6, 6.07) is 9.76. The van der Waals surface area contributed by atoms with Crippen molar-refractivity contribution in [2.24, 2.45) is 0 Å². The minimum absolute atomic E-state index is 0.0377. The van der Waals surface area contributed by atoms with Gasteiger partial charge in [-0.2, -0.15) is 0 Å². The summed E-state index contributed by atoms with van der Waals surface area (Å²) in [6.07, 6.45) is 0. The fourth-order valence-electron chi connectivity index (χ4n) is 3.36. The number of piperazine rings is 1. The number of carbonyl (C=O) groups excluding carboxylic acids is 1. The van der Waals surface area contributed by atoms with Gasteiger partial charge in [0.2, 0.25) is 0 Å². The van der Waals surface area contributed by atoms with Crippen molar-refractivity contribution in [1.82, 2.24) is 14.9 Å². The smallest absolute Gasteiger partial charge is 0.272 e. The van der Waals surface area contributed by atoms with E-state index in [0.717, 1.165) is 42.7 Å². The predicted octanol–water partition coefficient (Wildman–Crippen LogP) is 3.25. The van der Waals surface area contributed by atoms with Crippen molar-refractivity contribution in [2.45, 2.75) is 20.8 Å². The molecule has 1 amide bonds. The normalized spacial score (nSPS) is 14.4. The number of aryl methyl sites for hydroxylation is 1. The van der Waals surface area contributed by atoms with Gasteiger partial charge >= 0.3 is 0 Å². The van der Waals surface area contributed by atoms with Crippen LogP contribution in [0.3, 0.4) is 0 Å². The van der Waals surface area contributed by atoms with E-state index in [-0.39, 0.29) is 5.91 Å². The summed E-state index contributed by atoms with van der Waals surface area (Å²) in [5.74, 6) is 1.41. The second-order valence-electron chi connectivity index (χ2n) is 6.59. The van der Waals surface area contributed by atoms with Crippen molar-refractivity contribution in [2.75, 3.05) is 49.1 Å². The molecule has 2 heterocycles. The van der Waals surface area contributed by atoms with Crippen LogP contribution in [-0.4, -0.2) is 60.0 Å². The summed E-state index contributed by atoms with van der Waals surface area (Å²) in [7, 11) is 0. The van der Waals surface area contributed by atoms with Gasteiger partial charge in [0.05, 0.1) is 0 Å². The Morgan fingerprint density at radius 1 is 1.07 bits per heavy atom. The summed E-state index contributed by atoms with van der Waals surface area (Å²) in [5, 5.41) is 0.751. The lowest BCUT2D eigenvalue weighted by Gasteiger charge is -2.37. The zero-order chi connectivity index (χ0) is 19.4. The lowest BCUT2D eigenvalue weighted by Crippen LogP contribution is -2.47. The Hall–Kier alpha value is -2.34. The van der Waals surface area contributed by atoms with Gasteiger partial charge in [0.1, 0.15) is 17.3 Å². The van der Waals surface area contributed by atoms with Crippen molar-refractivity contribution in [1.29, 1.82) is 0 Å². The summed E-state index contributed by atoms with van der Waals surface area (Å²) in [6.45, 7) is 10.6. The minimum atomic E-state index is -0.0377. The number of aromatic nitrogens is 2. The largest absolute Gasteiger partial charge is 0.368 e. The molecule has 0 saturated carbocycles. The van der Waals surface area contributed by atoms with Crippen LogP contribution in [0.2, 0.25) is 5.02 Å². The molecule has 0 N–H and O–H groups in total. The van der Waals surface area contributed by atoms with Crippen molar-refractivity contribution < 1.29 is 4.79 Å². The van der Waals surface area contributed by atoms with Crippen LogP contribution in [0.4, 0.5) is 11.5 Å². The second kappa shape index (κ2) is 8.57. The second-order valence-corrected chi connectivity index (χ2v) is 7.03. The van der Waals surface area contributed by atoms with Gasteiger partial charge in [0.25, 0.3) is 5.91 Å². The van der Waals surface area contributed by atoms with Gasteiger partial charge in [-0.05, 0) is 39.0 Å². The van der Waals surface area contributed by atoms with E-state index in [4.69, 9.17) is 11.6 Å². The number of hydrogen-bond donors (Lipinski definition) is 0. The Morgan fingerprint density at radius 3 is 2.37 bits per heavy atom. The third kappa shape index (κ3) is 4.50. The van der Waals surface area contributed by atoms with Gasteiger partial charge in [0.15, 0.2) is 0 Å². The van der Waals surface area contributed by atoms with Gasteiger partial charge < -0.3 is 14.7 Å². The van der Waals surface area contributed by atoms with Gasteiger partial charge in [-0.15, -0.1) is 0 Å². The Morgan fingerprint density at radius 2 is 1.74 bits per heavy atom. The summed E-state index contributed by atoms with van der Waals surface area (Å²) >= 11 is 6.11. The van der Waals surface area contributed by atoms with E-state index < -0.39 is 0 Å². The molecule has 1 saturated heterocycles. The van der Waals surface area contributed by atoms with Gasteiger partial charge in [-0.25, -0.2) is 9.97 Å². The van der Waals surface area contributed by atoms with Gasteiger partial charge in [0, 0.05) is 56.0 Å². The Bertz CT molecular complexity index is 801. The standard InChI is InChI=1S/C20H26ClN5O/c1-4-24(5-2)20(27)18-14-19(23-15(3)22-18)26-11-9-25(10-12-26)17-8-6-7-16(21)13-17/h6-8,13-14H,4-5,9-12H2,1-3H3. The topological polar surface area (TPSA) is 52.6 Å². The van der Waals surface area contributed by atoms with E-state index in [0.29, 0.717) is 24.6 Å². The molecule has 144 valence electrons. The lowest BCUT2D eigenvalue weighted by molar-refractivity contribution is 0.0766. The average molecular weight is 388 g/mol. The molecule has 1 aromatic carbocycles. The van der Waals surface area contributed by atoms with Crippen LogP contribution in [0.25, 0.3) is 0 Å². The van der Waals surface area contributed by atoms with Crippen molar-refractivity contribution in [3.8, 4) is 0 Å². The molecule has 3 rings (SSSR count). The number of carbonyl (C=O) groups is 1. The fraction of sp³-hybridized carbons (Fsp3) is 0.450. The zero-order valence-corrected chi connectivity index (χ0v) is 16.9. The Labute approximate surface area is 165 Å². The predicted molar refractivity (Wildman–Crippen MR) is 110 cm³/mol. The van der Waals surface area contributed by atoms with E-state index in [9.17, 15) is 4.79 Å². The highest BCUT2D eigenvalue weighted by Gasteiger charge is 2.22. The molecule has 1 fully saturated rings. The number of nitrogens with zero attached hydrogens (tertiary/aromatic N) is 5. The van der Waals surface area contributed by atoms with Crippen LogP contribution in [0, 0.1) is 6.92 Å². The number of rotatable bonds is 5. The van der Waals surface area contributed by atoms with Crippen molar-refractivity contribution >= 4 is 29.0 Å². The van der Waals surface area contributed by atoms with E-state index >= 15 is 0 Å². The molecule has 6 nitrogen and oxygen atoms in total. The first-order valence-electron chi connectivity index (χ1n) is 9.42. The molecule has 27 heavy (non-hydrogen) atoms. The minimum Gasteiger partial charge on any atom is -0.368 e. The number of anilines is 2. The molecule has 0 unspecified atom stereocenters. The fourth-order valence-corrected chi connectivity index (χ4v) is 3.55. The molecular weight excluding hydrogens is 362 g/mol. The number of benzene rings is 1. The molecule has 7 heteroatoms. The molecule has 0 atom stereocenters.